The molecule has 0 saturated heterocycles. The first-order valence-electron chi connectivity index (χ1n) is 13.0. The van der Waals surface area contributed by atoms with Crippen LogP contribution in [0, 0.1) is 13.8 Å². The van der Waals surface area contributed by atoms with Gasteiger partial charge in [0.05, 0.1) is 17.7 Å². The van der Waals surface area contributed by atoms with E-state index in [1.54, 1.807) is 36.4 Å². The summed E-state index contributed by atoms with van der Waals surface area (Å²) >= 11 is 0. The zero-order valence-electron chi connectivity index (χ0n) is 23.2. The van der Waals surface area contributed by atoms with Gasteiger partial charge in [-0.15, -0.1) is 0 Å². The van der Waals surface area contributed by atoms with Gasteiger partial charge in [0, 0.05) is 19.2 Å². The van der Waals surface area contributed by atoms with Crippen molar-refractivity contribution in [2.24, 2.45) is 0 Å². The number of nitrogens with one attached hydrogen (secondary N) is 1. The van der Waals surface area contributed by atoms with E-state index in [1.165, 1.54) is 24.1 Å². The number of hydrogen-bond donors (Lipinski definition) is 1. The van der Waals surface area contributed by atoms with E-state index in [4.69, 9.17) is 4.74 Å². The quantitative estimate of drug-likeness (QED) is 0.359. The SMILES string of the molecule is CCNC(=O)C(CC)N(Cc1ccccc1C)C(=O)CN(c1cccc(OC)c1)S(=O)(=O)c1ccc(C)cc1. The fraction of sp³-hybridized carbons (Fsp3) is 0.333. The van der Waals surface area contributed by atoms with Crippen LogP contribution in [0.15, 0.2) is 77.7 Å². The van der Waals surface area contributed by atoms with Gasteiger partial charge in [-0.25, -0.2) is 8.42 Å². The Balaban J connectivity index is 2.09. The zero-order valence-corrected chi connectivity index (χ0v) is 24.0. The van der Waals surface area contributed by atoms with Crippen molar-refractivity contribution < 1.29 is 22.7 Å². The van der Waals surface area contributed by atoms with Gasteiger partial charge in [0.15, 0.2) is 0 Å². The van der Waals surface area contributed by atoms with E-state index >= 15 is 0 Å². The van der Waals surface area contributed by atoms with E-state index < -0.39 is 28.5 Å². The van der Waals surface area contributed by atoms with Crippen LogP contribution in [-0.2, 0) is 26.2 Å². The minimum Gasteiger partial charge on any atom is -0.497 e. The highest BCUT2D eigenvalue weighted by atomic mass is 32.2. The van der Waals surface area contributed by atoms with E-state index in [0.717, 1.165) is 21.0 Å². The van der Waals surface area contributed by atoms with E-state index in [-0.39, 0.29) is 23.0 Å². The second kappa shape index (κ2) is 13.3. The highest BCUT2D eigenvalue weighted by Crippen LogP contribution is 2.28. The number of aryl methyl sites for hydroxylation is 2. The summed E-state index contributed by atoms with van der Waals surface area (Å²) < 4.78 is 34.3. The molecule has 1 unspecified atom stereocenters. The molecule has 8 nitrogen and oxygen atoms in total. The maximum Gasteiger partial charge on any atom is 0.264 e. The average molecular weight is 552 g/mol. The molecule has 0 aliphatic rings. The Labute approximate surface area is 231 Å². The molecule has 9 heteroatoms. The van der Waals surface area contributed by atoms with Crippen LogP contribution < -0.4 is 14.4 Å². The Hall–Kier alpha value is -3.85. The molecule has 0 fully saturated rings. The molecule has 0 heterocycles. The minimum atomic E-state index is -4.14. The van der Waals surface area contributed by atoms with Crippen LogP contribution in [0.2, 0.25) is 0 Å². The fourth-order valence-electron chi connectivity index (χ4n) is 4.31. The fourth-order valence-corrected chi connectivity index (χ4v) is 5.72. The smallest absolute Gasteiger partial charge is 0.264 e. The number of nitrogens with zero attached hydrogens (tertiary/aromatic N) is 2. The number of rotatable bonds is 12. The third kappa shape index (κ3) is 7.17. The van der Waals surface area contributed by atoms with Crippen molar-refractivity contribution in [2.75, 3.05) is 24.5 Å². The molecule has 0 bridgehead atoms. The molecule has 1 N–H and O–H groups in total. The van der Waals surface area contributed by atoms with Crippen LogP contribution >= 0.6 is 0 Å². The first-order chi connectivity index (χ1) is 18.6. The van der Waals surface area contributed by atoms with E-state index in [9.17, 15) is 18.0 Å². The lowest BCUT2D eigenvalue weighted by Crippen LogP contribution is -2.52. The molecule has 3 aromatic rings. The van der Waals surface area contributed by atoms with Crippen molar-refractivity contribution in [1.82, 2.24) is 10.2 Å². The number of benzene rings is 3. The summed E-state index contributed by atoms with van der Waals surface area (Å²) in [6.45, 7) is 7.55. The topological polar surface area (TPSA) is 96.0 Å². The first-order valence-corrected chi connectivity index (χ1v) is 14.4. The van der Waals surface area contributed by atoms with Crippen molar-refractivity contribution in [2.45, 2.75) is 51.6 Å². The second-order valence-electron chi connectivity index (χ2n) is 9.29. The predicted molar refractivity (Wildman–Crippen MR) is 153 cm³/mol. The number of methoxy groups -OCH3 is 1. The molecule has 3 rings (SSSR count). The van der Waals surface area contributed by atoms with Gasteiger partial charge in [-0.1, -0.05) is 55.0 Å². The van der Waals surface area contributed by atoms with Crippen LogP contribution in [0.1, 0.15) is 37.0 Å². The summed E-state index contributed by atoms with van der Waals surface area (Å²) in [4.78, 5) is 28.6. The lowest BCUT2D eigenvalue weighted by atomic mass is 10.1. The van der Waals surface area contributed by atoms with Crippen molar-refractivity contribution in [3.8, 4) is 5.75 Å². The van der Waals surface area contributed by atoms with Crippen molar-refractivity contribution in [1.29, 1.82) is 0 Å². The number of carbonyl (C=O) groups excluding carboxylic acids is 2. The lowest BCUT2D eigenvalue weighted by molar-refractivity contribution is -0.140. The number of anilines is 1. The Morgan fingerprint density at radius 3 is 2.26 bits per heavy atom. The van der Waals surface area contributed by atoms with Crippen molar-refractivity contribution in [3.05, 3.63) is 89.5 Å². The molecule has 39 heavy (non-hydrogen) atoms. The van der Waals surface area contributed by atoms with E-state index in [1.807, 2.05) is 52.0 Å². The van der Waals surface area contributed by atoms with Gasteiger partial charge >= 0.3 is 0 Å². The molecule has 0 aliphatic heterocycles. The van der Waals surface area contributed by atoms with Crippen LogP contribution in [0.3, 0.4) is 0 Å². The third-order valence-electron chi connectivity index (χ3n) is 6.57. The molecule has 0 aromatic heterocycles. The monoisotopic (exact) mass is 551 g/mol. The first kappa shape index (κ1) is 29.7. The van der Waals surface area contributed by atoms with Gasteiger partial charge < -0.3 is 15.0 Å². The Bertz CT molecular complexity index is 1390. The average Bonchev–Trinajstić information content (AvgIpc) is 2.92. The van der Waals surface area contributed by atoms with Crippen LogP contribution in [0.4, 0.5) is 5.69 Å². The largest absolute Gasteiger partial charge is 0.497 e. The van der Waals surface area contributed by atoms with Gasteiger partial charge in [-0.05, 0) is 62.6 Å². The van der Waals surface area contributed by atoms with Crippen LogP contribution in [0.25, 0.3) is 0 Å². The number of hydrogen-bond acceptors (Lipinski definition) is 5. The molecule has 0 aliphatic carbocycles. The van der Waals surface area contributed by atoms with Crippen molar-refractivity contribution in [3.63, 3.8) is 0 Å². The summed E-state index contributed by atoms with van der Waals surface area (Å²) in [5.74, 6) is -0.319. The molecule has 2 amide bonds. The number of likely N-dealkylation sites (N-methyl/N-ethyl adjacent to an activating group) is 1. The van der Waals surface area contributed by atoms with Gasteiger partial charge in [0.1, 0.15) is 18.3 Å². The van der Waals surface area contributed by atoms with Crippen molar-refractivity contribution >= 4 is 27.5 Å². The zero-order chi connectivity index (χ0) is 28.6. The van der Waals surface area contributed by atoms with Gasteiger partial charge in [-0.2, -0.15) is 0 Å². The molecule has 0 radical (unpaired) electrons. The molecule has 1 atom stereocenters. The molecule has 0 saturated carbocycles. The number of amides is 2. The third-order valence-corrected chi connectivity index (χ3v) is 8.36. The summed E-state index contributed by atoms with van der Waals surface area (Å²) in [6.07, 6.45) is 0.368. The second-order valence-corrected chi connectivity index (χ2v) is 11.2. The highest BCUT2D eigenvalue weighted by Gasteiger charge is 2.33. The van der Waals surface area contributed by atoms with Crippen LogP contribution in [-0.4, -0.2) is 51.4 Å². The standard InChI is InChI=1S/C30H37N3O5S/c1-6-28(30(35)31-7-2)32(20-24-12-9-8-11-23(24)4)29(34)21-33(25-13-10-14-26(19-25)38-5)39(36,37)27-17-15-22(3)16-18-27/h8-19,28H,6-7,20-21H2,1-5H3,(H,31,35). The van der Waals surface area contributed by atoms with E-state index in [0.29, 0.717) is 18.7 Å². The highest BCUT2D eigenvalue weighted by molar-refractivity contribution is 7.92. The minimum absolute atomic E-state index is 0.0601. The molecular weight excluding hydrogens is 514 g/mol. The normalized spacial score (nSPS) is 11.9. The Morgan fingerprint density at radius 1 is 0.949 bits per heavy atom. The maximum atomic E-state index is 14.0. The molecule has 208 valence electrons. The lowest BCUT2D eigenvalue weighted by Gasteiger charge is -2.33. The Morgan fingerprint density at radius 2 is 1.64 bits per heavy atom. The van der Waals surface area contributed by atoms with Gasteiger partial charge in [-0.3, -0.25) is 13.9 Å². The number of carbonyl (C=O) groups is 2. The molecular formula is C30H37N3O5S. The van der Waals surface area contributed by atoms with E-state index in [2.05, 4.69) is 5.32 Å². The number of sulfonamides is 1. The summed E-state index contributed by atoms with van der Waals surface area (Å²) in [7, 11) is -2.65. The van der Waals surface area contributed by atoms with Gasteiger partial charge in [0.25, 0.3) is 10.0 Å². The summed E-state index contributed by atoms with van der Waals surface area (Å²) in [6, 6.07) is 19.9. The summed E-state index contributed by atoms with van der Waals surface area (Å²) in [5, 5.41) is 2.81. The predicted octanol–water partition coefficient (Wildman–Crippen LogP) is 4.45. The molecule has 0 spiro atoms. The van der Waals surface area contributed by atoms with Crippen LogP contribution in [0.5, 0.6) is 5.75 Å². The maximum absolute atomic E-state index is 14.0. The molecule has 3 aromatic carbocycles. The van der Waals surface area contributed by atoms with Gasteiger partial charge in [0.2, 0.25) is 11.8 Å². The summed E-state index contributed by atoms with van der Waals surface area (Å²) in [5.41, 5.74) is 3.04. The Kier molecular flexibility index (Phi) is 10.1. The number of ether oxygens (including phenoxy) is 1.